The van der Waals surface area contributed by atoms with Crippen molar-refractivity contribution in [2.75, 3.05) is 13.1 Å². The van der Waals surface area contributed by atoms with Crippen LogP contribution in [0.4, 0.5) is 9.18 Å². The van der Waals surface area contributed by atoms with Crippen LogP contribution in [0.2, 0.25) is 0 Å². The number of nitrogens with zero attached hydrogens (tertiary/aromatic N) is 3. The summed E-state index contributed by atoms with van der Waals surface area (Å²) in [6.45, 7) is 5.69. The molecule has 1 aliphatic heterocycles. The van der Waals surface area contributed by atoms with Gasteiger partial charge in [0.2, 0.25) is 0 Å². The summed E-state index contributed by atoms with van der Waals surface area (Å²) < 4.78 is 20.1. The van der Waals surface area contributed by atoms with E-state index in [-0.39, 0.29) is 35.5 Å². The Balaban J connectivity index is 2.15. The Hall–Kier alpha value is -3.58. The molecule has 0 spiro atoms. The van der Waals surface area contributed by atoms with Gasteiger partial charge in [-0.25, -0.2) is 9.18 Å². The van der Waals surface area contributed by atoms with Gasteiger partial charge in [0.15, 0.2) is 0 Å². The Kier molecular flexibility index (Phi) is 5.18. The van der Waals surface area contributed by atoms with Crippen molar-refractivity contribution in [3.63, 3.8) is 0 Å². The molecule has 1 atom stereocenters. The van der Waals surface area contributed by atoms with Crippen molar-refractivity contribution in [3.8, 4) is 12.1 Å². The number of carbonyl (C=O) groups excluding carboxylic acids is 1. The number of nitrogens with two attached hydrogens (primary N) is 1. The van der Waals surface area contributed by atoms with Crippen molar-refractivity contribution in [1.82, 2.24) is 4.90 Å². The molecule has 0 saturated carbocycles. The van der Waals surface area contributed by atoms with Crippen molar-refractivity contribution < 1.29 is 13.9 Å². The number of carbonyl (C=O) groups is 1. The minimum absolute atomic E-state index is 0.0291. The van der Waals surface area contributed by atoms with Crippen LogP contribution in [-0.2, 0) is 4.74 Å². The molecule has 148 valence electrons. The van der Waals surface area contributed by atoms with Gasteiger partial charge in [0.25, 0.3) is 0 Å². The van der Waals surface area contributed by atoms with E-state index in [4.69, 9.17) is 10.5 Å². The van der Waals surface area contributed by atoms with E-state index < -0.39 is 23.4 Å². The summed E-state index contributed by atoms with van der Waals surface area (Å²) in [5, 5.41) is 19.3. The third-order valence-electron chi connectivity index (χ3n) is 4.79. The molecule has 29 heavy (non-hydrogen) atoms. The molecular weight excluding hydrogens is 371 g/mol. The molecule has 2 aliphatic rings. The number of allylic oxidation sites excluding steroid dienone is 2. The lowest BCUT2D eigenvalue weighted by Gasteiger charge is -2.38. The fraction of sp³-hybridized carbons (Fsp3) is 0.318. The summed E-state index contributed by atoms with van der Waals surface area (Å²) in [4.78, 5) is 14.1. The van der Waals surface area contributed by atoms with Gasteiger partial charge in [-0.3, -0.25) is 0 Å². The van der Waals surface area contributed by atoms with Crippen LogP contribution in [0, 0.1) is 34.4 Å². The van der Waals surface area contributed by atoms with Gasteiger partial charge in [-0.05, 0) is 38.0 Å². The zero-order chi connectivity index (χ0) is 21.3. The molecular formula is C22H21FN4O2. The lowest BCUT2D eigenvalue weighted by Crippen LogP contribution is -2.44. The molecule has 1 heterocycles. The molecule has 1 aromatic carbocycles. The molecule has 0 fully saturated rings. The molecule has 0 bridgehead atoms. The van der Waals surface area contributed by atoms with E-state index in [1.807, 2.05) is 6.07 Å². The predicted molar refractivity (Wildman–Crippen MR) is 105 cm³/mol. The third-order valence-corrected chi connectivity index (χ3v) is 4.79. The van der Waals surface area contributed by atoms with Crippen LogP contribution >= 0.6 is 0 Å². The van der Waals surface area contributed by atoms with Crippen LogP contribution < -0.4 is 5.73 Å². The molecule has 1 amide bonds. The van der Waals surface area contributed by atoms with Gasteiger partial charge in [0.1, 0.15) is 23.6 Å². The minimum Gasteiger partial charge on any atom is -0.444 e. The van der Waals surface area contributed by atoms with Gasteiger partial charge < -0.3 is 15.4 Å². The first-order valence-electron chi connectivity index (χ1n) is 9.15. The van der Waals surface area contributed by atoms with Gasteiger partial charge in [0.05, 0.1) is 16.8 Å². The van der Waals surface area contributed by atoms with Crippen LogP contribution in [0.15, 0.2) is 52.8 Å². The first-order chi connectivity index (χ1) is 13.7. The van der Waals surface area contributed by atoms with E-state index in [2.05, 4.69) is 6.07 Å². The predicted octanol–water partition coefficient (Wildman–Crippen LogP) is 3.65. The molecule has 1 aliphatic carbocycles. The highest BCUT2D eigenvalue weighted by Gasteiger charge is 2.39. The number of rotatable bonds is 1. The number of hydrogen-bond donors (Lipinski definition) is 1. The summed E-state index contributed by atoms with van der Waals surface area (Å²) in [7, 11) is 0. The minimum atomic E-state index is -0.669. The second-order valence-corrected chi connectivity index (χ2v) is 7.88. The van der Waals surface area contributed by atoms with Crippen molar-refractivity contribution in [2.24, 2.45) is 11.7 Å². The normalized spacial score (nSPS) is 19.2. The number of fused-ring (bicyclic) bond motifs is 1. The first-order valence-corrected chi connectivity index (χ1v) is 9.15. The quantitative estimate of drug-likeness (QED) is 0.786. The highest BCUT2D eigenvalue weighted by molar-refractivity contribution is 5.85. The standard InChI is InChI=1S/C22H21FN4O2/c1-22(2,3)29-21(28)27-9-8-13-15(10-24)20(26)16(11-25)19(17(13)12-27)14-6-4-5-7-18(14)23/h4-8,17H,9,12,26H2,1-3H3/t17-/m1/s1. The molecule has 3 rings (SSSR count). The second-order valence-electron chi connectivity index (χ2n) is 7.88. The molecule has 0 radical (unpaired) electrons. The van der Waals surface area contributed by atoms with E-state index in [0.29, 0.717) is 11.1 Å². The van der Waals surface area contributed by atoms with Crippen LogP contribution in [0.1, 0.15) is 26.3 Å². The number of hydrogen-bond acceptors (Lipinski definition) is 5. The van der Waals surface area contributed by atoms with Gasteiger partial charge in [-0.2, -0.15) is 10.5 Å². The number of benzene rings is 1. The smallest absolute Gasteiger partial charge is 0.410 e. The lowest BCUT2D eigenvalue weighted by molar-refractivity contribution is 0.0253. The summed E-state index contributed by atoms with van der Waals surface area (Å²) >= 11 is 0. The zero-order valence-corrected chi connectivity index (χ0v) is 16.5. The maximum atomic E-state index is 14.6. The topological polar surface area (TPSA) is 103 Å². The maximum absolute atomic E-state index is 14.6. The van der Waals surface area contributed by atoms with E-state index in [9.17, 15) is 19.7 Å². The Bertz CT molecular complexity index is 1050. The Morgan fingerprint density at radius 3 is 2.48 bits per heavy atom. The van der Waals surface area contributed by atoms with Gasteiger partial charge >= 0.3 is 6.09 Å². The van der Waals surface area contributed by atoms with Crippen LogP contribution in [0.5, 0.6) is 0 Å². The molecule has 2 N–H and O–H groups in total. The number of ether oxygens (including phenoxy) is 1. The summed E-state index contributed by atoms with van der Waals surface area (Å²) in [6, 6.07) is 10.2. The van der Waals surface area contributed by atoms with Crippen LogP contribution in [-0.4, -0.2) is 29.7 Å². The summed E-state index contributed by atoms with van der Waals surface area (Å²) in [6.07, 6.45) is 1.21. The highest BCUT2D eigenvalue weighted by atomic mass is 19.1. The Morgan fingerprint density at radius 2 is 1.90 bits per heavy atom. The van der Waals surface area contributed by atoms with Gasteiger partial charge in [-0.15, -0.1) is 0 Å². The molecule has 0 saturated heterocycles. The monoisotopic (exact) mass is 392 g/mol. The SMILES string of the molecule is CC(C)(C)OC(=O)N1CC=C2C(C#N)=C(N)C(C#N)=C(c3ccccc3F)[C@@H]2C1. The number of amides is 1. The average molecular weight is 392 g/mol. The van der Waals surface area contributed by atoms with Crippen molar-refractivity contribution >= 4 is 11.7 Å². The largest absolute Gasteiger partial charge is 0.444 e. The lowest BCUT2D eigenvalue weighted by atomic mass is 9.73. The third kappa shape index (κ3) is 3.72. The zero-order valence-electron chi connectivity index (χ0n) is 16.5. The number of halogens is 1. The fourth-order valence-corrected chi connectivity index (χ4v) is 3.59. The average Bonchev–Trinajstić information content (AvgIpc) is 2.66. The van der Waals surface area contributed by atoms with Crippen molar-refractivity contribution in [1.29, 1.82) is 10.5 Å². The molecule has 6 nitrogen and oxygen atoms in total. The fourth-order valence-electron chi connectivity index (χ4n) is 3.59. The second kappa shape index (κ2) is 7.44. The molecule has 0 aromatic heterocycles. The van der Waals surface area contributed by atoms with E-state index in [0.717, 1.165) is 0 Å². The van der Waals surface area contributed by atoms with Crippen LogP contribution in [0.3, 0.4) is 0 Å². The van der Waals surface area contributed by atoms with Crippen LogP contribution in [0.25, 0.3) is 5.57 Å². The Labute approximate surface area is 169 Å². The number of nitriles is 2. The molecule has 1 aromatic rings. The maximum Gasteiger partial charge on any atom is 0.410 e. The Morgan fingerprint density at radius 1 is 1.24 bits per heavy atom. The van der Waals surface area contributed by atoms with Gasteiger partial charge in [-0.1, -0.05) is 24.3 Å². The van der Waals surface area contributed by atoms with Gasteiger partial charge in [0, 0.05) is 24.6 Å². The first kappa shape index (κ1) is 20.2. The molecule has 7 heteroatoms. The van der Waals surface area contributed by atoms with Crippen molar-refractivity contribution in [2.45, 2.75) is 26.4 Å². The molecule has 0 unspecified atom stereocenters. The highest BCUT2D eigenvalue weighted by Crippen LogP contribution is 2.44. The van der Waals surface area contributed by atoms with E-state index in [1.54, 1.807) is 45.0 Å². The van der Waals surface area contributed by atoms with Crippen molar-refractivity contribution in [3.05, 3.63) is 64.1 Å². The van der Waals surface area contributed by atoms with E-state index >= 15 is 0 Å². The summed E-state index contributed by atoms with van der Waals surface area (Å²) in [5.41, 5.74) is 6.92. The summed E-state index contributed by atoms with van der Waals surface area (Å²) in [5.74, 6) is -1.07. The van der Waals surface area contributed by atoms with E-state index in [1.165, 1.54) is 11.0 Å².